The van der Waals surface area contributed by atoms with E-state index in [0.717, 1.165) is 108 Å². The molecule has 576 valence electrons. The van der Waals surface area contributed by atoms with Crippen LogP contribution in [0.1, 0.15) is 402 Å². The summed E-state index contributed by atoms with van der Waals surface area (Å²) in [5.74, 6) is 0.157. The van der Waals surface area contributed by atoms with Crippen LogP contribution in [0.15, 0.2) is 0 Å². The molecule has 0 saturated heterocycles. The molecule has 0 aromatic carbocycles. The average molecular weight is 1420 g/mol. The molecule has 17 nitrogen and oxygen atoms in total. The van der Waals surface area contributed by atoms with E-state index < -0.39 is 97.5 Å². The van der Waals surface area contributed by atoms with E-state index in [-0.39, 0.29) is 25.7 Å². The molecule has 0 aromatic rings. The first-order chi connectivity index (χ1) is 46.8. The highest BCUT2D eigenvalue weighted by Crippen LogP contribution is 2.45. The molecular weight excluding hydrogens is 1270 g/mol. The predicted molar refractivity (Wildman–Crippen MR) is 395 cm³/mol. The SMILES string of the molecule is CCCCCCCCCCCCCCCCCCCCCC(=O)O[C@H](COC(=O)CCCCCCCCCCCCCCCCC(C)CC)COP(=O)(O)OC[C@@H](O)COP(=O)(O)OC[C@@H](COC(=O)CCCCCCCCC(C)CC)OC(=O)CCCCCCCCCC(C)C. The first kappa shape index (κ1) is 95.1. The number of unbranched alkanes of at least 4 members (excludes halogenated alkanes) is 42. The normalized spacial score (nSPS) is 14.6. The highest BCUT2D eigenvalue weighted by atomic mass is 31.2. The Morgan fingerprint density at radius 1 is 0.299 bits per heavy atom. The van der Waals surface area contributed by atoms with Crippen LogP contribution >= 0.6 is 15.6 Å². The zero-order chi connectivity index (χ0) is 71.6. The largest absolute Gasteiger partial charge is 0.472 e. The molecule has 0 saturated carbocycles. The highest BCUT2D eigenvalue weighted by Gasteiger charge is 2.30. The van der Waals surface area contributed by atoms with Crippen molar-refractivity contribution >= 4 is 39.5 Å². The van der Waals surface area contributed by atoms with Crippen molar-refractivity contribution in [3.05, 3.63) is 0 Å². The van der Waals surface area contributed by atoms with Gasteiger partial charge in [-0.1, -0.05) is 350 Å². The van der Waals surface area contributed by atoms with Gasteiger partial charge in [0.05, 0.1) is 26.4 Å². The van der Waals surface area contributed by atoms with Crippen LogP contribution in [0.25, 0.3) is 0 Å². The first-order valence-corrected chi connectivity index (χ1v) is 43.4. The number of rotatable bonds is 76. The summed E-state index contributed by atoms with van der Waals surface area (Å²) in [6, 6.07) is 0. The van der Waals surface area contributed by atoms with E-state index in [1.807, 2.05) is 0 Å². The number of phosphoric ester groups is 2. The van der Waals surface area contributed by atoms with Crippen molar-refractivity contribution in [3.8, 4) is 0 Å². The van der Waals surface area contributed by atoms with Crippen LogP contribution in [0.3, 0.4) is 0 Å². The number of aliphatic hydroxyl groups is 1. The molecule has 0 aromatic heterocycles. The van der Waals surface area contributed by atoms with E-state index in [1.54, 1.807) is 0 Å². The summed E-state index contributed by atoms with van der Waals surface area (Å²) >= 11 is 0. The maximum absolute atomic E-state index is 13.1. The van der Waals surface area contributed by atoms with Gasteiger partial charge >= 0.3 is 39.5 Å². The summed E-state index contributed by atoms with van der Waals surface area (Å²) < 4.78 is 68.5. The Labute approximate surface area is 594 Å². The standard InChI is InChI=1S/C78H152O17P2/c1-8-11-12-13-14-15-16-17-18-19-20-21-22-27-30-33-38-47-54-61-77(82)94-73(65-88-75(80)59-52-45-37-32-29-26-24-23-25-28-31-36-43-50-57-70(6)9-2)67-92-96(84,85)90-63-72(79)64-91-97(86,87)93-68-74(95-78(83)62-55-48-39-34-35-42-49-56-69(4)5)66-89-76(81)60-53-46-41-40-44-51-58-71(7)10-3/h69-74,79H,8-68H2,1-7H3,(H,84,85)(H,86,87)/t70?,71?,72-,73-,74-/m1/s1. The Bertz CT molecular complexity index is 1890. The van der Waals surface area contributed by atoms with Crippen molar-refractivity contribution < 1.29 is 80.2 Å². The summed E-state index contributed by atoms with van der Waals surface area (Å²) in [5, 5.41) is 10.6. The molecule has 0 aliphatic heterocycles. The Balaban J connectivity index is 5.22. The minimum atomic E-state index is -4.96. The van der Waals surface area contributed by atoms with E-state index >= 15 is 0 Å². The third-order valence-electron chi connectivity index (χ3n) is 18.9. The van der Waals surface area contributed by atoms with Gasteiger partial charge in [-0.25, -0.2) is 9.13 Å². The van der Waals surface area contributed by atoms with Crippen LogP contribution in [0.5, 0.6) is 0 Å². The second-order valence-corrected chi connectivity index (χ2v) is 32.0. The molecule has 0 fully saturated rings. The van der Waals surface area contributed by atoms with Gasteiger partial charge in [-0.2, -0.15) is 0 Å². The van der Waals surface area contributed by atoms with E-state index in [1.165, 1.54) is 205 Å². The van der Waals surface area contributed by atoms with Crippen LogP contribution in [0, 0.1) is 17.8 Å². The molecule has 0 spiro atoms. The average Bonchev–Trinajstić information content (AvgIpc) is 1.55. The molecule has 0 rings (SSSR count). The topological polar surface area (TPSA) is 237 Å². The summed E-state index contributed by atoms with van der Waals surface area (Å²) in [6.07, 6.45) is 55.7. The van der Waals surface area contributed by atoms with Crippen LogP contribution in [-0.2, 0) is 65.4 Å². The van der Waals surface area contributed by atoms with Crippen LogP contribution in [0.2, 0.25) is 0 Å². The lowest BCUT2D eigenvalue weighted by atomic mass is 9.99. The van der Waals surface area contributed by atoms with Crippen LogP contribution in [0.4, 0.5) is 0 Å². The minimum absolute atomic E-state index is 0.103. The van der Waals surface area contributed by atoms with Gasteiger partial charge in [0.2, 0.25) is 0 Å². The predicted octanol–water partition coefficient (Wildman–Crippen LogP) is 23.0. The Morgan fingerprint density at radius 2 is 0.526 bits per heavy atom. The number of carbonyl (C=O) groups excluding carboxylic acids is 4. The van der Waals surface area contributed by atoms with Crippen LogP contribution < -0.4 is 0 Å². The van der Waals surface area contributed by atoms with Crippen molar-refractivity contribution in [2.75, 3.05) is 39.6 Å². The monoisotopic (exact) mass is 1420 g/mol. The molecule has 7 atom stereocenters. The van der Waals surface area contributed by atoms with Gasteiger partial charge in [-0.05, 0) is 43.4 Å². The quantitative estimate of drug-likeness (QED) is 0.0222. The smallest absolute Gasteiger partial charge is 0.462 e. The fourth-order valence-electron chi connectivity index (χ4n) is 11.9. The number of esters is 4. The molecule has 0 amide bonds. The van der Waals surface area contributed by atoms with Crippen molar-refractivity contribution in [3.63, 3.8) is 0 Å². The van der Waals surface area contributed by atoms with Crippen LogP contribution in [-0.4, -0.2) is 96.7 Å². The Morgan fingerprint density at radius 3 is 0.784 bits per heavy atom. The lowest BCUT2D eigenvalue weighted by Crippen LogP contribution is -2.30. The molecule has 4 unspecified atom stereocenters. The fourth-order valence-corrected chi connectivity index (χ4v) is 13.5. The van der Waals surface area contributed by atoms with E-state index in [0.29, 0.717) is 31.6 Å². The number of phosphoric acid groups is 2. The van der Waals surface area contributed by atoms with Gasteiger partial charge in [0.1, 0.15) is 19.3 Å². The van der Waals surface area contributed by atoms with Gasteiger partial charge in [0.25, 0.3) is 0 Å². The van der Waals surface area contributed by atoms with Gasteiger partial charge in [0, 0.05) is 25.7 Å². The van der Waals surface area contributed by atoms with Gasteiger partial charge < -0.3 is 33.8 Å². The Hall–Kier alpha value is -1.94. The summed E-state index contributed by atoms with van der Waals surface area (Å²) in [4.78, 5) is 72.8. The lowest BCUT2D eigenvalue weighted by molar-refractivity contribution is -0.161. The number of carbonyl (C=O) groups is 4. The van der Waals surface area contributed by atoms with E-state index in [2.05, 4.69) is 48.5 Å². The number of aliphatic hydroxyl groups excluding tert-OH is 1. The maximum atomic E-state index is 13.1. The van der Waals surface area contributed by atoms with Crippen molar-refractivity contribution in [2.24, 2.45) is 17.8 Å². The maximum Gasteiger partial charge on any atom is 0.472 e. The molecule has 0 bridgehead atoms. The lowest BCUT2D eigenvalue weighted by Gasteiger charge is -2.21. The minimum Gasteiger partial charge on any atom is -0.462 e. The molecule has 0 radical (unpaired) electrons. The van der Waals surface area contributed by atoms with Crippen molar-refractivity contribution in [1.82, 2.24) is 0 Å². The first-order valence-electron chi connectivity index (χ1n) is 40.4. The van der Waals surface area contributed by atoms with Crippen molar-refractivity contribution in [2.45, 2.75) is 420 Å². The van der Waals surface area contributed by atoms with E-state index in [4.69, 9.17) is 37.0 Å². The summed E-state index contributed by atoms with van der Waals surface area (Å²) in [5.41, 5.74) is 0. The zero-order valence-corrected chi connectivity index (χ0v) is 65.3. The molecule has 0 aliphatic carbocycles. The second-order valence-electron chi connectivity index (χ2n) is 29.1. The van der Waals surface area contributed by atoms with Gasteiger partial charge in [0.15, 0.2) is 12.2 Å². The summed E-state index contributed by atoms with van der Waals surface area (Å²) in [7, 11) is -9.91. The zero-order valence-electron chi connectivity index (χ0n) is 63.5. The third-order valence-corrected chi connectivity index (χ3v) is 20.8. The van der Waals surface area contributed by atoms with Gasteiger partial charge in [-0.3, -0.25) is 37.3 Å². The van der Waals surface area contributed by atoms with E-state index in [9.17, 15) is 43.2 Å². The number of ether oxygens (including phenoxy) is 4. The Kier molecular flexibility index (Phi) is 67.1. The number of hydrogen-bond donors (Lipinski definition) is 3. The molecule has 0 heterocycles. The number of hydrogen-bond acceptors (Lipinski definition) is 15. The molecule has 3 N–H and O–H groups in total. The molecule has 0 aliphatic rings. The molecule has 97 heavy (non-hydrogen) atoms. The fraction of sp³-hybridized carbons (Fsp3) is 0.949. The summed E-state index contributed by atoms with van der Waals surface area (Å²) in [6.45, 7) is 11.9. The third kappa shape index (κ3) is 69.5. The molecule has 19 heteroatoms. The van der Waals surface area contributed by atoms with Crippen molar-refractivity contribution in [1.29, 1.82) is 0 Å². The molecular formula is C78H152O17P2. The highest BCUT2D eigenvalue weighted by molar-refractivity contribution is 7.47. The second kappa shape index (κ2) is 68.5. The van der Waals surface area contributed by atoms with Gasteiger partial charge in [-0.15, -0.1) is 0 Å².